The SMILES string of the molecule is Cc1nsc(C(=O)O)c1NC(=O)OC(C)(C)C.Cc1nsc(C(=O)O)c1NC(=O)OC(C)(C)C. The maximum atomic E-state index is 11.5. The highest BCUT2D eigenvalue weighted by Crippen LogP contribution is 2.26. The first-order chi connectivity index (χ1) is 15.4. The summed E-state index contributed by atoms with van der Waals surface area (Å²) in [5, 5.41) is 22.6. The number of hydrogen-bond donors (Lipinski definition) is 4. The largest absolute Gasteiger partial charge is 0.477 e. The quantitative estimate of drug-likeness (QED) is 0.432. The van der Waals surface area contributed by atoms with E-state index in [1.54, 1.807) is 55.4 Å². The van der Waals surface area contributed by atoms with Gasteiger partial charge in [0.15, 0.2) is 9.75 Å². The second-order valence-electron chi connectivity index (χ2n) is 8.81. The zero-order valence-electron chi connectivity index (χ0n) is 20.1. The molecule has 0 fully saturated rings. The first-order valence-corrected chi connectivity index (χ1v) is 11.3. The minimum Gasteiger partial charge on any atom is -0.477 e. The van der Waals surface area contributed by atoms with Crippen LogP contribution in [0.3, 0.4) is 0 Å². The normalized spacial score (nSPS) is 11.1. The Hall–Kier alpha value is -3.26. The van der Waals surface area contributed by atoms with Crippen LogP contribution in [-0.4, -0.2) is 54.3 Å². The lowest BCUT2D eigenvalue weighted by molar-refractivity contribution is 0.0622. The number of rotatable bonds is 4. The number of hydrogen-bond acceptors (Lipinski definition) is 10. The number of nitrogens with one attached hydrogen (secondary N) is 2. The highest BCUT2D eigenvalue weighted by molar-refractivity contribution is 7.09. The maximum Gasteiger partial charge on any atom is 0.412 e. The Morgan fingerprint density at radius 1 is 0.706 bits per heavy atom. The average molecular weight is 517 g/mol. The monoisotopic (exact) mass is 516 g/mol. The third-order valence-electron chi connectivity index (χ3n) is 3.37. The zero-order chi connectivity index (χ0) is 26.4. The van der Waals surface area contributed by atoms with Crippen molar-refractivity contribution in [2.24, 2.45) is 0 Å². The Bertz CT molecular complexity index is 980. The molecule has 14 heteroatoms. The average Bonchev–Trinajstić information content (AvgIpc) is 3.16. The first kappa shape index (κ1) is 28.8. The summed E-state index contributed by atoms with van der Waals surface area (Å²) in [5.74, 6) is -2.25. The number of aromatic nitrogens is 2. The highest BCUT2D eigenvalue weighted by atomic mass is 32.1. The fourth-order valence-corrected chi connectivity index (χ4v) is 3.51. The number of amides is 2. The van der Waals surface area contributed by atoms with Crippen molar-refractivity contribution in [3.8, 4) is 0 Å². The smallest absolute Gasteiger partial charge is 0.412 e. The van der Waals surface area contributed by atoms with E-state index in [0.717, 1.165) is 23.1 Å². The van der Waals surface area contributed by atoms with Gasteiger partial charge in [0.25, 0.3) is 0 Å². The Labute approximate surface area is 204 Å². The van der Waals surface area contributed by atoms with Crippen LogP contribution in [0.25, 0.3) is 0 Å². The van der Waals surface area contributed by atoms with E-state index < -0.39 is 35.3 Å². The summed E-state index contributed by atoms with van der Waals surface area (Å²) >= 11 is 1.65. The molecule has 0 spiro atoms. The summed E-state index contributed by atoms with van der Waals surface area (Å²) in [7, 11) is 0. The van der Waals surface area contributed by atoms with Crippen molar-refractivity contribution in [2.45, 2.75) is 66.6 Å². The number of nitrogens with zero attached hydrogens (tertiary/aromatic N) is 2. The van der Waals surface area contributed by atoms with Gasteiger partial charge in [0.2, 0.25) is 0 Å². The van der Waals surface area contributed by atoms with Gasteiger partial charge < -0.3 is 19.7 Å². The van der Waals surface area contributed by atoms with E-state index in [1.807, 2.05) is 0 Å². The lowest BCUT2D eigenvalue weighted by Crippen LogP contribution is -2.27. The van der Waals surface area contributed by atoms with E-state index in [4.69, 9.17) is 19.7 Å². The van der Waals surface area contributed by atoms with Crippen molar-refractivity contribution in [2.75, 3.05) is 10.6 Å². The van der Waals surface area contributed by atoms with Gasteiger partial charge in [0.1, 0.15) is 11.2 Å². The number of ether oxygens (including phenoxy) is 2. The fourth-order valence-electron chi connectivity index (χ4n) is 2.14. The van der Waals surface area contributed by atoms with Crippen LogP contribution < -0.4 is 10.6 Å². The Morgan fingerprint density at radius 3 is 1.24 bits per heavy atom. The van der Waals surface area contributed by atoms with Crippen molar-refractivity contribution in [3.05, 3.63) is 21.1 Å². The number of anilines is 2. The molecule has 0 radical (unpaired) electrons. The molecule has 0 saturated carbocycles. The number of carboxylic acids is 2. The molecule has 2 heterocycles. The molecule has 188 valence electrons. The molecule has 2 amide bonds. The predicted molar refractivity (Wildman–Crippen MR) is 127 cm³/mol. The van der Waals surface area contributed by atoms with Crippen LogP contribution in [-0.2, 0) is 9.47 Å². The van der Waals surface area contributed by atoms with Crippen LogP contribution in [0.4, 0.5) is 21.0 Å². The molecule has 0 bridgehead atoms. The summed E-state index contributed by atoms with van der Waals surface area (Å²) in [6.45, 7) is 13.6. The van der Waals surface area contributed by atoms with Gasteiger partial charge in [0, 0.05) is 0 Å². The molecular formula is C20H28N4O8S2. The number of aromatic carboxylic acids is 2. The van der Waals surface area contributed by atoms with Crippen molar-refractivity contribution in [3.63, 3.8) is 0 Å². The molecular weight excluding hydrogens is 488 g/mol. The Balaban J connectivity index is 0.000000340. The molecule has 0 aliphatic heterocycles. The molecule has 0 aliphatic rings. The highest BCUT2D eigenvalue weighted by Gasteiger charge is 2.23. The molecule has 4 N–H and O–H groups in total. The van der Waals surface area contributed by atoms with Crippen LogP contribution in [0, 0.1) is 13.8 Å². The second kappa shape index (κ2) is 11.2. The number of aryl methyl sites for hydroxylation is 2. The molecule has 0 saturated heterocycles. The lowest BCUT2D eigenvalue weighted by Gasteiger charge is -2.19. The van der Waals surface area contributed by atoms with Gasteiger partial charge in [-0.25, -0.2) is 19.2 Å². The molecule has 2 rings (SSSR count). The molecule has 0 aromatic carbocycles. The molecule has 0 atom stereocenters. The topological polar surface area (TPSA) is 177 Å². The first-order valence-electron chi connectivity index (χ1n) is 9.80. The third kappa shape index (κ3) is 9.31. The van der Waals surface area contributed by atoms with Crippen molar-refractivity contribution in [1.82, 2.24) is 8.75 Å². The van der Waals surface area contributed by atoms with Crippen LogP contribution in [0.2, 0.25) is 0 Å². The van der Waals surface area contributed by atoms with E-state index >= 15 is 0 Å². The summed E-state index contributed by atoms with van der Waals surface area (Å²) in [6, 6.07) is 0. The second-order valence-corrected chi connectivity index (χ2v) is 10.4. The van der Waals surface area contributed by atoms with Gasteiger partial charge >= 0.3 is 24.1 Å². The van der Waals surface area contributed by atoms with Gasteiger partial charge in [0.05, 0.1) is 22.8 Å². The Morgan fingerprint density at radius 2 is 1.00 bits per heavy atom. The van der Waals surface area contributed by atoms with E-state index in [1.165, 1.54) is 0 Å². The number of carbonyl (C=O) groups is 4. The van der Waals surface area contributed by atoms with Crippen LogP contribution in [0.5, 0.6) is 0 Å². The summed E-state index contributed by atoms with van der Waals surface area (Å²) in [4.78, 5) is 44.8. The molecule has 12 nitrogen and oxygen atoms in total. The van der Waals surface area contributed by atoms with Gasteiger partial charge in [-0.05, 0) is 78.5 Å². The summed E-state index contributed by atoms with van der Waals surface area (Å²) in [6.07, 6.45) is -1.38. The minimum absolute atomic E-state index is 0.00615. The Kier molecular flexibility index (Phi) is 9.52. The summed E-state index contributed by atoms with van der Waals surface area (Å²) in [5.41, 5.74) is 0.0281. The maximum absolute atomic E-state index is 11.5. The third-order valence-corrected chi connectivity index (χ3v) is 5.22. The van der Waals surface area contributed by atoms with E-state index in [2.05, 4.69) is 19.4 Å². The minimum atomic E-state index is -1.12. The van der Waals surface area contributed by atoms with E-state index in [0.29, 0.717) is 11.4 Å². The fraction of sp³-hybridized carbons (Fsp3) is 0.500. The summed E-state index contributed by atoms with van der Waals surface area (Å²) < 4.78 is 17.8. The lowest BCUT2D eigenvalue weighted by atomic mass is 10.2. The number of carbonyl (C=O) groups excluding carboxylic acids is 2. The molecule has 34 heavy (non-hydrogen) atoms. The van der Waals surface area contributed by atoms with Crippen LogP contribution >= 0.6 is 23.1 Å². The zero-order valence-corrected chi connectivity index (χ0v) is 21.7. The van der Waals surface area contributed by atoms with Gasteiger partial charge in [-0.15, -0.1) is 0 Å². The van der Waals surface area contributed by atoms with Crippen LogP contribution in [0.15, 0.2) is 0 Å². The molecule has 2 aromatic heterocycles. The molecule has 0 unspecified atom stereocenters. The number of carboxylic acid groups (broad SMARTS) is 2. The van der Waals surface area contributed by atoms with Crippen molar-refractivity contribution >= 4 is 58.6 Å². The predicted octanol–water partition coefficient (Wildman–Crippen LogP) is 4.99. The van der Waals surface area contributed by atoms with E-state index in [9.17, 15) is 19.2 Å². The van der Waals surface area contributed by atoms with E-state index in [-0.39, 0.29) is 21.1 Å². The van der Waals surface area contributed by atoms with Crippen molar-refractivity contribution < 1.29 is 38.9 Å². The van der Waals surface area contributed by atoms with Gasteiger partial charge in [-0.3, -0.25) is 10.6 Å². The van der Waals surface area contributed by atoms with Gasteiger partial charge in [-0.2, -0.15) is 8.75 Å². The van der Waals surface area contributed by atoms with Crippen molar-refractivity contribution in [1.29, 1.82) is 0 Å². The van der Waals surface area contributed by atoms with Gasteiger partial charge in [-0.1, -0.05) is 0 Å². The molecule has 2 aromatic rings. The van der Waals surface area contributed by atoms with Crippen LogP contribution in [0.1, 0.15) is 72.3 Å². The standard InChI is InChI=1S/2C10H14N2O4S/c2*1-5-6(7(8(13)14)17-12-5)11-9(15)16-10(2,3)4/h2*1-4H3,(H,11,15)(H,13,14). The molecule has 0 aliphatic carbocycles.